The Morgan fingerprint density at radius 3 is 2.11 bits per heavy atom. The number of nitrogens with zero attached hydrogens (tertiary/aromatic N) is 4. The first-order valence-electron chi connectivity index (χ1n) is 20.2. The molecule has 0 saturated heterocycles. The average molecular weight is 737 g/mol. The zero-order chi connectivity index (χ0) is 38.3. The van der Waals surface area contributed by atoms with E-state index in [1.165, 1.54) is 50.1 Å². The third kappa shape index (κ3) is 6.28. The zero-order valence-electron chi connectivity index (χ0n) is 32.2. The number of fused-ring (bicyclic) bond motifs is 4. The lowest BCUT2D eigenvalue weighted by atomic mass is 9.87. The minimum Gasteiger partial charge on any atom is -0.314 e. The van der Waals surface area contributed by atoms with Gasteiger partial charge in [-0.05, 0) is 78.3 Å². The summed E-state index contributed by atoms with van der Waals surface area (Å²) in [5, 5.41) is 2.31. The predicted molar refractivity (Wildman–Crippen MR) is 237 cm³/mol. The molecule has 2 unspecified atom stereocenters. The number of anilines is 2. The summed E-state index contributed by atoms with van der Waals surface area (Å²) in [5.41, 5.74) is 15.2. The fourth-order valence-electron chi connectivity index (χ4n) is 8.98. The lowest BCUT2D eigenvalue weighted by Crippen LogP contribution is -2.28. The molecular weight excluding hydrogens is 693 g/mol. The van der Waals surface area contributed by atoms with Crippen LogP contribution in [0.2, 0.25) is 0 Å². The van der Waals surface area contributed by atoms with Crippen LogP contribution in [0.3, 0.4) is 0 Å². The molecule has 0 saturated carbocycles. The Morgan fingerprint density at radius 1 is 0.737 bits per heavy atom. The van der Waals surface area contributed by atoms with Gasteiger partial charge < -0.3 is 4.57 Å². The van der Waals surface area contributed by atoms with E-state index >= 15 is 0 Å². The van der Waals surface area contributed by atoms with E-state index in [9.17, 15) is 0 Å². The Balaban J connectivity index is 1.07. The molecule has 3 heterocycles. The van der Waals surface area contributed by atoms with Crippen molar-refractivity contribution in [3.05, 3.63) is 202 Å². The van der Waals surface area contributed by atoms with Gasteiger partial charge in [0, 0.05) is 56.2 Å². The quantitative estimate of drug-likeness (QED) is 0.156. The van der Waals surface area contributed by atoms with Crippen molar-refractivity contribution in [1.82, 2.24) is 14.5 Å². The van der Waals surface area contributed by atoms with E-state index < -0.39 is 0 Å². The van der Waals surface area contributed by atoms with Crippen LogP contribution in [0.4, 0.5) is 11.6 Å². The number of benzene rings is 5. The Kier molecular flexibility index (Phi) is 8.95. The van der Waals surface area contributed by atoms with Gasteiger partial charge in [-0.25, -0.2) is 9.97 Å². The molecule has 0 amide bonds. The van der Waals surface area contributed by atoms with Crippen molar-refractivity contribution in [2.45, 2.75) is 44.4 Å². The summed E-state index contributed by atoms with van der Waals surface area (Å²) in [6.45, 7) is 6.97. The van der Waals surface area contributed by atoms with Gasteiger partial charge in [0.1, 0.15) is 0 Å². The van der Waals surface area contributed by atoms with E-state index in [0.29, 0.717) is 5.95 Å². The van der Waals surface area contributed by atoms with Crippen LogP contribution in [0.15, 0.2) is 170 Å². The molecule has 4 heteroatoms. The molecule has 2 aromatic heterocycles. The highest BCUT2D eigenvalue weighted by atomic mass is 15.3. The minimum absolute atomic E-state index is 0.221. The van der Waals surface area contributed by atoms with Crippen molar-refractivity contribution in [2.24, 2.45) is 0 Å². The molecule has 0 N–H and O–H groups in total. The first-order valence-corrected chi connectivity index (χ1v) is 20.2. The molecule has 2 atom stereocenters. The van der Waals surface area contributed by atoms with Crippen LogP contribution in [0.1, 0.15) is 60.4 Å². The van der Waals surface area contributed by atoms with Crippen molar-refractivity contribution in [2.75, 3.05) is 4.90 Å². The van der Waals surface area contributed by atoms with Gasteiger partial charge in [-0.2, -0.15) is 0 Å². The summed E-state index contributed by atoms with van der Waals surface area (Å²) >= 11 is 0. The Morgan fingerprint density at radius 2 is 1.39 bits per heavy atom. The number of hydrogen-bond acceptors (Lipinski definition) is 3. The highest BCUT2D eigenvalue weighted by Crippen LogP contribution is 2.51. The molecule has 7 aromatic rings. The topological polar surface area (TPSA) is 34.0 Å². The lowest BCUT2D eigenvalue weighted by Gasteiger charge is -2.23. The van der Waals surface area contributed by atoms with Crippen LogP contribution in [-0.2, 0) is 6.42 Å². The second-order valence-electron chi connectivity index (χ2n) is 15.2. The van der Waals surface area contributed by atoms with Crippen molar-refractivity contribution in [3.8, 4) is 39.3 Å². The Bertz CT molecular complexity index is 2810. The number of para-hydroxylation sites is 1. The molecule has 0 spiro atoms. The van der Waals surface area contributed by atoms with Crippen molar-refractivity contribution in [1.29, 1.82) is 0 Å². The van der Waals surface area contributed by atoms with E-state index in [2.05, 4.69) is 199 Å². The lowest BCUT2D eigenvalue weighted by molar-refractivity contribution is 0.803. The molecular formula is C53H44N4. The normalized spacial score (nSPS) is 16.2. The average Bonchev–Trinajstić information content (AvgIpc) is 3.76. The monoisotopic (exact) mass is 736 g/mol. The molecule has 3 aliphatic rings. The SMILES string of the molecule is C=c1c(=CC(CC)c2ccc3c(c2)C2CC=CC=C2N3c2nc(-c3ccccc3)cc(-c3ccc(-c4ccccc4)cc3)n2)c2c(n1-c1ccccc1)CCC=C2. The fourth-order valence-corrected chi connectivity index (χ4v) is 8.98. The summed E-state index contributed by atoms with van der Waals surface area (Å²) in [7, 11) is 0. The maximum Gasteiger partial charge on any atom is 0.235 e. The van der Waals surface area contributed by atoms with Crippen LogP contribution in [0.5, 0.6) is 0 Å². The maximum atomic E-state index is 5.34. The number of allylic oxidation sites excluding steroid dienone is 5. The van der Waals surface area contributed by atoms with Gasteiger partial charge in [0.15, 0.2) is 0 Å². The second kappa shape index (κ2) is 14.7. The molecule has 4 nitrogen and oxygen atoms in total. The molecule has 0 bridgehead atoms. The fraction of sp³-hybridized carbons (Fsp3) is 0.132. The number of rotatable bonds is 8. The van der Waals surface area contributed by atoms with Crippen molar-refractivity contribution >= 4 is 30.4 Å². The Hall–Kier alpha value is -6.78. The van der Waals surface area contributed by atoms with E-state index in [4.69, 9.17) is 9.97 Å². The standard InChI is InChI=1S/C53H44N4/c1-3-37(33-46-36(2)56(43-21-11-6-12-22-43)50-25-15-13-23-44(46)50)42-31-32-52-47(34-42)45-24-14-16-26-51(45)57(52)53-54-48(40-19-9-5-10-20-40)35-49(55-53)41-29-27-39(28-30-41)38-17-7-4-8-18-38/h4-14,16-23,26-35,37,45H,2-3,15,24-25H2,1H3. The number of hydrogen-bond donors (Lipinski definition) is 0. The molecule has 1 aliphatic heterocycles. The highest BCUT2D eigenvalue weighted by molar-refractivity contribution is 5.80. The van der Waals surface area contributed by atoms with Crippen molar-refractivity contribution < 1.29 is 0 Å². The van der Waals surface area contributed by atoms with Gasteiger partial charge in [0.05, 0.1) is 17.1 Å². The predicted octanol–water partition coefficient (Wildman–Crippen LogP) is 11.7. The molecule has 0 fully saturated rings. The molecule has 5 aromatic carbocycles. The van der Waals surface area contributed by atoms with Crippen LogP contribution in [0, 0.1) is 0 Å². The first-order chi connectivity index (χ1) is 28.1. The van der Waals surface area contributed by atoms with Gasteiger partial charge in [0.25, 0.3) is 0 Å². The third-order valence-corrected chi connectivity index (χ3v) is 11.9. The summed E-state index contributed by atoms with van der Waals surface area (Å²) < 4.78 is 2.37. The largest absolute Gasteiger partial charge is 0.314 e. The summed E-state index contributed by atoms with van der Waals surface area (Å²) in [6.07, 6.45) is 17.8. The summed E-state index contributed by atoms with van der Waals surface area (Å²) in [4.78, 5) is 12.9. The highest BCUT2D eigenvalue weighted by Gasteiger charge is 2.37. The van der Waals surface area contributed by atoms with Crippen LogP contribution in [-0.4, -0.2) is 14.5 Å². The van der Waals surface area contributed by atoms with Gasteiger partial charge in [-0.15, -0.1) is 0 Å². The number of aromatic nitrogens is 3. The van der Waals surface area contributed by atoms with Gasteiger partial charge in [0.2, 0.25) is 5.95 Å². The molecule has 0 radical (unpaired) electrons. The Labute approximate surface area is 334 Å². The summed E-state index contributed by atoms with van der Waals surface area (Å²) in [6, 6.07) is 49.6. The van der Waals surface area contributed by atoms with Crippen LogP contribution in [0.25, 0.3) is 58.1 Å². The maximum absolute atomic E-state index is 5.34. The third-order valence-electron chi connectivity index (χ3n) is 11.9. The second-order valence-corrected chi connectivity index (χ2v) is 15.2. The molecule has 57 heavy (non-hydrogen) atoms. The smallest absolute Gasteiger partial charge is 0.235 e. The summed E-state index contributed by atoms with van der Waals surface area (Å²) in [5.74, 6) is 1.14. The minimum atomic E-state index is 0.221. The van der Waals surface area contributed by atoms with E-state index in [-0.39, 0.29) is 11.8 Å². The zero-order valence-corrected chi connectivity index (χ0v) is 32.2. The van der Waals surface area contributed by atoms with Crippen LogP contribution < -0.4 is 15.5 Å². The van der Waals surface area contributed by atoms with E-state index in [1.807, 2.05) is 0 Å². The first kappa shape index (κ1) is 34.7. The molecule has 10 rings (SSSR count). The van der Waals surface area contributed by atoms with E-state index in [1.54, 1.807) is 0 Å². The van der Waals surface area contributed by atoms with Gasteiger partial charge in [-0.3, -0.25) is 4.90 Å². The molecule has 276 valence electrons. The van der Waals surface area contributed by atoms with Gasteiger partial charge >= 0.3 is 0 Å². The van der Waals surface area contributed by atoms with Crippen molar-refractivity contribution in [3.63, 3.8) is 0 Å². The van der Waals surface area contributed by atoms with Gasteiger partial charge in [-0.1, -0.05) is 159 Å². The van der Waals surface area contributed by atoms with Crippen LogP contribution >= 0.6 is 0 Å². The molecule has 2 aliphatic carbocycles. The van der Waals surface area contributed by atoms with E-state index in [0.717, 1.165) is 59.2 Å².